The van der Waals surface area contributed by atoms with E-state index in [4.69, 9.17) is 9.15 Å². The average molecular weight is 422 g/mol. The average Bonchev–Trinajstić information content (AvgIpc) is 3.24. The zero-order valence-corrected chi connectivity index (χ0v) is 17.3. The third kappa shape index (κ3) is 6.30. The molecule has 6 nitrogen and oxygen atoms in total. The summed E-state index contributed by atoms with van der Waals surface area (Å²) in [6.45, 7) is -0.0528. The van der Waals surface area contributed by atoms with Crippen LogP contribution in [0.5, 0.6) is 0 Å². The number of esters is 1. The molecule has 0 aliphatic rings. The fraction of sp³-hybridized carbons (Fsp3) is 0.167. The monoisotopic (exact) mass is 422 g/mol. The summed E-state index contributed by atoms with van der Waals surface area (Å²) in [4.78, 5) is 25.7. The lowest BCUT2D eigenvalue weighted by Gasteiger charge is -2.12. The molecule has 0 saturated heterocycles. The van der Waals surface area contributed by atoms with Gasteiger partial charge in [0.05, 0.1) is 5.56 Å². The Balaban J connectivity index is 1.44. The number of carbonyl (C=O) groups is 2. The molecule has 0 spiro atoms. The summed E-state index contributed by atoms with van der Waals surface area (Å²) in [5.41, 5.74) is 2.33. The number of amides is 1. The van der Waals surface area contributed by atoms with Crippen LogP contribution in [0.15, 0.2) is 71.2 Å². The highest BCUT2D eigenvalue weighted by Crippen LogP contribution is 2.25. The van der Waals surface area contributed by atoms with Crippen molar-refractivity contribution in [2.24, 2.45) is 0 Å². The molecule has 0 saturated carbocycles. The fourth-order valence-corrected chi connectivity index (χ4v) is 2.75. The number of hydrogen-bond donors (Lipinski definition) is 1. The summed E-state index contributed by atoms with van der Waals surface area (Å²) in [6, 6.07) is 17.2. The second-order valence-electron chi connectivity index (χ2n) is 6.96. The van der Waals surface area contributed by atoms with Gasteiger partial charge in [-0.25, -0.2) is 9.18 Å². The fourth-order valence-electron chi connectivity index (χ4n) is 2.75. The van der Waals surface area contributed by atoms with Gasteiger partial charge in [-0.3, -0.25) is 4.79 Å². The van der Waals surface area contributed by atoms with E-state index in [2.05, 4.69) is 5.32 Å². The van der Waals surface area contributed by atoms with Crippen LogP contribution in [0.3, 0.4) is 0 Å². The predicted molar refractivity (Wildman–Crippen MR) is 117 cm³/mol. The molecule has 1 aromatic heterocycles. The van der Waals surface area contributed by atoms with Gasteiger partial charge in [0, 0.05) is 32.4 Å². The third-order valence-corrected chi connectivity index (χ3v) is 4.44. The number of furan rings is 1. The molecule has 1 heterocycles. The molecule has 3 aromatic rings. The smallest absolute Gasteiger partial charge is 0.331 e. The molecule has 1 N–H and O–H groups in total. The molecule has 0 unspecified atom stereocenters. The summed E-state index contributed by atoms with van der Waals surface area (Å²) in [5.74, 6) is -0.774. The SMILES string of the molecule is CN(C)c1ccc(CNC(=O)COC(=O)/C=C/c2ccc(-c3ccccc3F)o2)cc1. The van der Waals surface area contributed by atoms with E-state index in [1.807, 2.05) is 43.3 Å². The van der Waals surface area contributed by atoms with Crippen LogP contribution in [-0.2, 0) is 20.9 Å². The minimum absolute atomic E-state index is 0.331. The van der Waals surface area contributed by atoms with Gasteiger partial charge in [0.15, 0.2) is 6.61 Å². The number of nitrogens with one attached hydrogen (secondary N) is 1. The topological polar surface area (TPSA) is 71.8 Å². The Kier molecular flexibility index (Phi) is 7.22. The second-order valence-corrected chi connectivity index (χ2v) is 6.96. The molecular weight excluding hydrogens is 399 g/mol. The number of halogens is 1. The maximum atomic E-state index is 13.8. The molecule has 3 rings (SSSR count). The lowest BCUT2D eigenvalue weighted by Crippen LogP contribution is -2.28. The van der Waals surface area contributed by atoms with Crippen LogP contribution in [0, 0.1) is 5.82 Å². The summed E-state index contributed by atoms with van der Waals surface area (Å²) in [5, 5.41) is 2.70. The molecule has 0 bridgehead atoms. The van der Waals surface area contributed by atoms with Gasteiger partial charge in [0.2, 0.25) is 0 Å². The molecule has 160 valence electrons. The van der Waals surface area contributed by atoms with Gasteiger partial charge >= 0.3 is 5.97 Å². The molecule has 0 aliphatic carbocycles. The highest BCUT2D eigenvalue weighted by molar-refractivity contribution is 5.89. The molecule has 31 heavy (non-hydrogen) atoms. The largest absolute Gasteiger partial charge is 0.457 e. The molecule has 2 aromatic carbocycles. The van der Waals surface area contributed by atoms with E-state index in [9.17, 15) is 14.0 Å². The van der Waals surface area contributed by atoms with Gasteiger partial charge in [-0.05, 0) is 48.0 Å². The van der Waals surface area contributed by atoms with Gasteiger partial charge in [0.25, 0.3) is 5.91 Å². The van der Waals surface area contributed by atoms with Crippen LogP contribution in [0.1, 0.15) is 11.3 Å². The number of anilines is 1. The first kappa shape index (κ1) is 21.8. The van der Waals surface area contributed by atoms with E-state index in [0.717, 1.165) is 17.3 Å². The third-order valence-electron chi connectivity index (χ3n) is 4.44. The number of carbonyl (C=O) groups excluding carboxylic acids is 2. The van der Waals surface area contributed by atoms with Gasteiger partial charge in [-0.2, -0.15) is 0 Å². The summed E-state index contributed by atoms with van der Waals surface area (Å²) in [6.07, 6.45) is 2.55. The molecule has 0 radical (unpaired) electrons. The Morgan fingerprint density at radius 3 is 2.52 bits per heavy atom. The van der Waals surface area contributed by atoms with E-state index in [-0.39, 0.29) is 0 Å². The summed E-state index contributed by atoms with van der Waals surface area (Å²) < 4.78 is 24.3. The number of ether oxygens (including phenoxy) is 1. The number of rotatable bonds is 8. The van der Waals surface area contributed by atoms with E-state index in [1.54, 1.807) is 30.3 Å². The highest BCUT2D eigenvalue weighted by atomic mass is 19.1. The Morgan fingerprint density at radius 1 is 1.06 bits per heavy atom. The van der Waals surface area contributed by atoms with Crippen molar-refractivity contribution in [2.45, 2.75) is 6.54 Å². The second kappa shape index (κ2) is 10.2. The lowest BCUT2D eigenvalue weighted by atomic mass is 10.1. The van der Waals surface area contributed by atoms with Gasteiger partial charge in [0.1, 0.15) is 17.3 Å². The quantitative estimate of drug-likeness (QED) is 0.439. The van der Waals surface area contributed by atoms with Crippen molar-refractivity contribution in [3.05, 3.63) is 83.9 Å². The van der Waals surface area contributed by atoms with E-state index < -0.39 is 24.3 Å². The molecule has 1 amide bonds. The Hall–Kier alpha value is -3.87. The minimum atomic E-state index is -0.686. The number of benzene rings is 2. The van der Waals surface area contributed by atoms with Gasteiger partial charge < -0.3 is 19.4 Å². The maximum Gasteiger partial charge on any atom is 0.331 e. The summed E-state index contributed by atoms with van der Waals surface area (Å²) in [7, 11) is 3.90. The Morgan fingerprint density at radius 2 is 1.81 bits per heavy atom. The number of hydrogen-bond acceptors (Lipinski definition) is 5. The van der Waals surface area contributed by atoms with Crippen molar-refractivity contribution in [1.82, 2.24) is 5.32 Å². The molecule has 0 aliphatic heterocycles. The van der Waals surface area contributed by atoms with Crippen LogP contribution in [-0.4, -0.2) is 32.6 Å². The van der Waals surface area contributed by atoms with Crippen LogP contribution < -0.4 is 10.2 Å². The Bertz CT molecular complexity index is 1070. The van der Waals surface area contributed by atoms with Crippen LogP contribution >= 0.6 is 0 Å². The normalized spacial score (nSPS) is 10.8. The Labute approximate surface area is 179 Å². The first-order chi connectivity index (χ1) is 14.9. The molecule has 0 atom stereocenters. The molecule has 0 fully saturated rings. The molecule has 7 heteroatoms. The van der Waals surface area contributed by atoms with Crippen molar-refractivity contribution in [2.75, 3.05) is 25.6 Å². The minimum Gasteiger partial charge on any atom is -0.457 e. The number of nitrogens with zero attached hydrogens (tertiary/aromatic N) is 1. The maximum absolute atomic E-state index is 13.8. The van der Waals surface area contributed by atoms with E-state index in [1.165, 1.54) is 12.1 Å². The van der Waals surface area contributed by atoms with Gasteiger partial charge in [-0.1, -0.05) is 24.3 Å². The van der Waals surface area contributed by atoms with Crippen molar-refractivity contribution >= 4 is 23.6 Å². The van der Waals surface area contributed by atoms with Crippen molar-refractivity contribution in [3.63, 3.8) is 0 Å². The van der Waals surface area contributed by atoms with Crippen molar-refractivity contribution in [3.8, 4) is 11.3 Å². The highest BCUT2D eigenvalue weighted by Gasteiger charge is 2.09. The standard InChI is InChI=1S/C24H23FN2O4/c1-27(2)18-9-7-17(8-10-18)15-26-23(28)16-30-24(29)14-12-19-11-13-22(31-19)20-5-3-4-6-21(20)25/h3-14H,15-16H2,1-2H3,(H,26,28)/b14-12+. The zero-order chi connectivity index (χ0) is 22.2. The van der Waals surface area contributed by atoms with Crippen molar-refractivity contribution in [1.29, 1.82) is 0 Å². The van der Waals surface area contributed by atoms with Gasteiger partial charge in [-0.15, -0.1) is 0 Å². The zero-order valence-electron chi connectivity index (χ0n) is 17.3. The van der Waals surface area contributed by atoms with Crippen LogP contribution in [0.4, 0.5) is 10.1 Å². The van der Waals surface area contributed by atoms with Crippen LogP contribution in [0.25, 0.3) is 17.4 Å². The first-order valence-electron chi connectivity index (χ1n) is 9.65. The van der Waals surface area contributed by atoms with Crippen molar-refractivity contribution < 1.29 is 23.1 Å². The first-order valence-corrected chi connectivity index (χ1v) is 9.65. The lowest BCUT2D eigenvalue weighted by molar-refractivity contribution is -0.143. The molecular formula is C24H23FN2O4. The van der Waals surface area contributed by atoms with E-state index in [0.29, 0.717) is 23.6 Å². The van der Waals surface area contributed by atoms with E-state index >= 15 is 0 Å². The summed E-state index contributed by atoms with van der Waals surface area (Å²) >= 11 is 0. The predicted octanol–water partition coefficient (Wildman–Crippen LogP) is 4.02. The van der Waals surface area contributed by atoms with Crippen LogP contribution in [0.2, 0.25) is 0 Å².